The van der Waals surface area contributed by atoms with Crippen molar-refractivity contribution in [2.24, 2.45) is 0 Å². The van der Waals surface area contributed by atoms with Crippen LogP contribution >= 0.6 is 0 Å². The average Bonchev–Trinajstić information content (AvgIpc) is 1.94. The molecule has 3 N–H and O–H groups in total. The monoisotopic (exact) mass is 143 g/mol. The summed E-state index contributed by atoms with van der Waals surface area (Å²) in [5.74, 6) is 0. The number of aliphatic hydroxyl groups is 2. The first kappa shape index (κ1) is 8.01. The molecule has 1 fully saturated rings. The van der Waals surface area contributed by atoms with Crippen molar-refractivity contribution in [3.63, 3.8) is 0 Å². The van der Waals surface area contributed by atoms with Crippen LogP contribution in [0.3, 0.4) is 0 Å². The van der Waals surface area contributed by atoms with Crippen molar-refractivity contribution in [1.29, 1.82) is 0 Å². The maximum Gasteiger partial charge on any atom is 0.133 e. The van der Waals surface area contributed by atoms with E-state index in [1.165, 1.54) is 0 Å². The summed E-state index contributed by atoms with van der Waals surface area (Å²) in [5.41, 5.74) is 0. The Hall–Kier alpha value is -0.0951. The van der Waals surface area contributed by atoms with Gasteiger partial charge in [0.15, 0.2) is 0 Å². The van der Waals surface area contributed by atoms with Crippen molar-refractivity contribution in [3.05, 3.63) is 0 Å². The lowest BCUT2D eigenvalue weighted by atomic mass is 9.98. The minimum Gasteiger partial charge on any atom is -0.394 e. The maximum atomic E-state index is 9.04. The van der Waals surface area contributed by atoms with E-state index in [2.05, 4.69) is 5.32 Å². The van der Waals surface area contributed by atoms with Gasteiger partial charge in [-0.3, -0.25) is 5.32 Å². The van der Waals surface area contributed by atoms with E-state index >= 15 is 0 Å². The molecule has 1 saturated heterocycles. The fourth-order valence-corrected chi connectivity index (χ4v) is 0.858. The third-order valence-electron chi connectivity index (χ3n) is 1.41. The highest BCUT2D eigenvalue weighted by Gasteiger charge is 2.25. The summed E-state index contributed by atoms with van der Waals surface area (Å²) in [4.78, 5) is 0. The van der Waals surface area contributed by atoms with Crippen molar-refractivity contribution in [2.45, 2.75) is 18.3 Å². The van der Waals surface area contributed by atoms with E-state index in [4.69, 9.17) is 22.8 Å². The standard InChI is InChI=1S/C5H10BNO3/c6-4-1-7-5(9)3(2-8)10-4/h3-5,7-9H,1-2H2/t3-,4-,5?/m1/s1. The highest BCUT2D eigenvalue weighted by atomic mass is 16.5. The second kappa shape index (κ2) is 3.34. The van der Waals surface area contributed by atoms with E-state index in [0.717, 1.165) is 0 Å². The minimum absolute atomic E-state index is 0.220. The molecule has 0 saturated carbocycles. The average molecular weight is 143 g/mol. The van der Waals surface area contributed by atoms with Crippen LogP contribution in [0.5, 0.6) is 0 Å². The quantitative estimate of drug-likeness (QED) is 0.364. The minimum atomic E-state index is -0.801. The van der Waals surface area contributed by atoms with Gasteiger partial charge < -0.3 is 14.9 Å². The van der Waals surface area contributed by atoms with E-state index in [9.17, 15) is 0 Å². The summed E-state index contributed by atoms with van der Waals surface area (Å²) < 4.78 is 4.96. The number of hydrogen-bond acceptors (Lipinski definition) is 4. The summed E-state index contributed by atoms with van der Waals surface area (Å²) in [6.45, 7) is 0.194. The molecule has 2 radical (unpaired) electrons. The molecule has 0 aliphatic carbocycles. The summed E-state index contributed by atoms with van der Waals surface area (Å²) in [6, 6.07) is -0.430. The van der Waals surface area contributed by atoms with Gasteiger partial charge in [0.05, 0.1) is 6.61 Å². The Morgan fingerprint density at radius 1 is 1.70 bits per heavy atom. The number of hydrogen-bond donors (Lipinski definition) is 3. The van der Waals surface area contributed by atoms with Crippen LogP contribution in [0.1, 0.15) is 0 Å². The van der Waals surface area contributed by atoms with Crippen molar-refractivity contribution in [1.82, 2.24) is 5.32 Å². The zero-order chi connectivity index (χ0) is 7.56. The van der Waals surface area contributed by atoms with E-state index in [1.54, 1.807) is 0 Å². The smallest absolute Gasteiger partial charge is 0.133 e. The normalized spacial score (nSPS) is 41.6. The molecule has 1 aliphatic rings. The molecule has 0 spiro atoms. The van der Waals surface area contributed by atoms with E-state index in [0.29, 0.717) is 6.54 Å². The van der Waals surface area contributed by atoms with E-state index < -0.39 is 18.3 Å². The van der Waals surface area contributed by atoms with Crippen LogP contribution in [0.15, 0.2) is 0 Å². The Bertz CT molecular complexity index is 113. The zero-order valence-corrected chi connectivity index (χ0v) is 5.53. The third-order valence-corrected chi connectivity index (χ3v) is 1.41. The van der Waals surface area contributed by atoms with Gasteiger partial charge >= 0.3 is 0 Å². The molecule has 1 aliphatic heterocycles. The molecule has 5 heteroatoms. The molecule has 1 rings (SSSR count). The topological polar surface area (TPSA) is 61.7 Å². The van der Waals surface area contributed by atoms with Crippen LogP contribution in [0.2, 0.25) is 0 Å². The Morgan fingerprint density at radius 2 is 2.40 bits per heavy atom. The maximum absolute atomic E-state index is 9.04. The van der Waals surface area contributed by atoms with Gasteiger partial charge in [0.25, 0.3) is 0 Å². The van der Waals surface area contributed by atoms with Gasteiger partial charge in [-0.2, -0.15) is 0 Å². The molecule has 0 aromatic carbocycles. The highest BCUT2D eigenvalue weighted by Crippen LogP contribution is 2.04. The molecule has 1 unspecified atom stereocenters. The van der Waals surface area contributed by atoms with Gasteiger partial charge in [-0.15, -0.1) is 0 Å². The summed E-state index contributed by atoms with van der Waals surface area (Å²) in [6.07, 6.45) is -1.39. The van der Waals surface area contributed by atoms with Gasteiger partial charge in [-0.25, -0.2) is 0 Å². The first-order valence-electron chi connectivity index (χ1n) is 3.17. The summed E-state index contributed by atoms with van der Waals surface area (Å²) in [5, 5.41) is 20.3. The zero-order valence-electron chi connectivity index (χ0n) is 5.53. The predicted octanol–water partition coefficient (Wildman–Crippen LogP) is -2.22. The molecular formula is C5H10BNO3. The molecule has 0 amide bonds. The molecule has 0 aromatic heterocycles. The van der Waals surface area contributed by atoms with Gasteiger partial charge in [-0.1, -0.05) is 0 Å². The second-order valence-electron chi connectivity index (χ2n) is 2.25. The number of morpholine rings is 1. The number of rotatable bonds is 1. The Kier molecular flexibility index (Phi) is 2.68. The molecule has 0 bridgehead atoms. The third kappa shape index (κ3) is 1.70. The van der Waals surface area contributed by atoms with Crippen molar-refractivity contribution < 1.29 is 14.9 Å². The number of ether oxygens (including phenoxy) is 1. The van der Waals surface area contributed by atoms with Crippen molar-refractivity contribution in [2.75, 3.05) is 13.2 Å². The fraction of sp³-hybridized carbons (Fsp3) is 1.00. The van der Waals surface area contributed by atoms with Crippen LogP contribution in [0, 0.1) is 0 Å². The van der Waals surface area contributed by atoms with Gasteiger partial charge in [0, 0.05) is 12.5 Å². The van der Waals surface area contributed by atoms with Crippen LogP contribution in [0.25, 0.3) is 0 Å². The highest BCUT2D eigenvalue weighted by molar-refractivity contribution is 6.11. The van der Waals surface area contributed by atoms with Gasteiger partial charge in [-0.05, 0) is 0 Å². The lowest BCUT2D eigenvalue weighted by Crippen LogP contribution is -2.53. The van der Waals surface area contributed by atoms with Gasteiger partial charge in [0.2, 0.25) is 0 Å². The summed E-state index contributed by atoms with van der Waals surface area (Å²) >= 11 is 0. The Labute approximate surface area is 60.6 Å². The molecule has 0 aromatic rings. The second-order valence-corrected chi connectivity index (χ2v) is 2.25. The fourth-order valence-electron chi connectivity index (χ4n) is 0.858. The van der Waals surface area contributed by atoms with Crippen LogP contribution in [-0.4, -0.2) is 49.5 Å². The first-order valence-corrected chi connectivity index (χ1v) is 3.17. The van der Waals surface area contributed by atoms with Crippen molar-refractivity contribution >= 4 is 7.85 Å². The van der Waals surface area contributed by atoms with Crippen LogP contribution in [-0.2, 0) is 4.74 Å². The molecular weight excluding hydrogens is 133 g/mol. The van der Waals surface area contributed by atoms with E-state index in [-0.39, 0.29) is 6.61 Å². The Balaban J connectivity index is 2.38. The lowest BCUT2D eigenvalue weighted by Gasteiger charge is -2.32. The predicted molar refractivity (Wildman–Crippen MR) is 35.5 cm³/mol. The molecule has 10 heavy (non-hydrogen) atoms. The number of nitrogens with one attached hydrogen (secondary N) is 1. The lowest BCUT2D eigenvalue weighted by molar-refractivity contribution is -0.116. The molecule has 1 heterocycles. The first-order chi connectivity index (χ1) is 4.74. The van der Waals surface area contributed by atoms with Gasteiger partial charge in [0.1, 0.15) is 20.2 Å². The largest absolute Gasteiger partial charge is 0.394 e. The molecule has 4 nitrogen and oxygen atoms in total. The Morgan fingerprint density at radius 3 is 2.90 bits per heavy atom. The van der Waals surface area contributed by atoms with Crippen LogP contribution < -0.4 is 5.32 Å². The molecule has 3 atom stereocenters. The molecule has 56 valence electrons. The van der Waals surface area contributed by atoms with E-state index in [1.807, 2.05) is 0 Å². The van der Waals surface area contributed by atoms with Crippen LogP contribution in [0.4, 0.5) is 0 Å². The van der Waals surface area contributed by atoms with Crippen molar-refractivity contribution in [3.8, 4) is 0 Å². The summed E-state index contributed by atoms with van der Waals surface area (Å²) in [7, 11) is 5.36. The number of aliphatic hydroxyl groups excluding tert-OH is 2. The SMILES string of the molecule is [B][C@H]1CNC(O)[C@@H](CO)O1.